The fourth-order valence-corrected chi connectivity index (χ4v) is 1.98. The van der Waals surface area contributed by atoms with Crippen LogP contribution in [0.4, 0.5) is 11.4 Å². The Morgan fingerprint density at radius 3 is 2.86 bits per heavy atom. The summed E-state index contributed by atoms with van der Waals surface area (Å²) in [6.07, 6.45) is 4.83. The Kier molecular flexibility index (Phi) is 5.20. The zero-order chi connectivity index (χ0) is 15.2. The Bertz CT molecular complexity index is 674. The first-order chi connectivity index (χ1) is 10.1. The predicted molar refractivity (Wildman–Crippen MR) is 87.3 cm³/mol. The molecule has 0 aliphatic rings. The summed E-state index contributed by atoms with van der Waals surface area (Å²) in [4.78, 5) is 16.2. The molecule has 0 bridgehead atoms. The third kappa shape index (κ3) is 4.21. The Labute approximate surface area is 132 Å². The second kappa shape index (κ2) is 7.11. The molecule has 0 aliphatic carbocycles. The van der Waals surface area contributed by atoms with E-state index in [2.05, 4.69) is 22.2 Å². The van der Waals surface area contributed by atoms with E-state index in [1.807, 2.05) is 0 Å². The highest BCUT2D eigenvalue weighted by Gasteiger charge is 2.10. The molecular weight excluding hydrogens is 309 g/mol. The van der Waals surface area contributed by atoms with Gasteiger partial charge < -0.3 is 10.6 Å². The van der Waals surface area contributed by atoms with Crippen LogP contribution in [0.15, 0.2) is 49.3 Å². The number of rotatable bonds is 5. The number of benzene rings is 1. The largest absolute Gasteiger partial charge is 0.380 e. The van der Waals surface area contributed by atoms with Crippen LogP contribution in [0.3, 0.4) is 0 Å². The molecule has 0 aliphatic heterocycles. The number of nitrogens with one attached hydrogen (secondary N) is 2. The summed E-state index contributed by atoms with van der Waals surface area (Å²) in [5.41, 5.74) is 1.61. The molecule has 2 N–H and O–H groups in total. The van der Waals surface area contributed by atoms with Gasteiger partial charge in [-0.1, -0.05) is 29.3 Å². The third-order valence-corrected chi connectivity index (χ3v) is 3.19. The summed E-state index contributed by atoms with van der Waals surface area (Å²) in [5, 5.41) is 6.69. The lowest BCUT2D eigenvalue weighted by Gasteiger charge is -2.09. The van der Waals surface area contributed by atoms with Gasteiger partial charge >= 0.3 is 0 Å². The summed E-state index contributed by atoms with van der Waals surface area (Å²) in [7, 11) is 0. The first kappa shape index (κ1) is 15.4. The van der Waals surface area contributed by atoms with E-state index in [9.17, 15) is 4.79 Å². The Morgan fingerprint density at radius 1 is 1.29 bits per heavy atom. The number of anilines is 2. The molecule has 0 fully saturated rings. The van der Waals surface area contributed by atoms with E-state index in [0.717, 1.165) is 5.69 Å². The molecule has 1 aromatic heterocycles. The molecule has 21 heavy (non-hydrogen) atoms. The fourth-order valence-electron chi connectivity index (χ4n) is 1.64. The number of hydrogen-bond acceptors (Lipinski definition) is 3. The number of amides is 1. The molecule has 4 nitrogen and oxygen atoms in total. The maximum absolute atomic E-state index is 12.2. The summed E-state index contributed by atoms with van der Waals surface area (Å²) >= 11 is 11.9. The van der Waals surface area contributed by atoms with Crippen molar-refractivity contribution in [3.63, 3.8) is 0 Å². The number of carbonyl (C=O) groups is 1. The number of aromatic nitrogens is 1. The van der Waals surface area contributed by atoms with E-state index in [4.69, 9.17) is 23.2 Å². The van der Waals surface area contributed by atoms with Crippen LogP contribution < -0.4 is 10.6 Å². The molecule has 0 saturated carbocycles. The fraction of sp³-hybridized carbons (Fsp3) is 0.0667. The third-order valence-electron chi connectivity index (χ3n) is 2.63. The molecule has 0 unspecified atom stereocenters. The smallest absolute Gasteiger partial charge is 0.257 e. The molecule has 1 amide bonds. The van der Waals surface area contributed by atoms with Crippen LogP contribution in [0.5, 0.6) is 0 Å². The van der Waals surface area contributed by atoms with Crippen LogP contribution in [0, 0.1) is 0 Å². The molecular formula is C15H13Cl2N3O. The van der Waals surface area contributed by atoms with Crippen molar-refractivity contribution in [1.29, 1.82) is 0 Å². The molecule has 0 saturated heterocycles. The van der Waals surface area contributed by atoms with Gasteiger partial charge in [-0.25, -0.2) is 0 Å². The average molecular weight is 322 g/mol. The first-order valence-electron chi connectivity index (χ1n) is 6.16. The van der Waals surface area contributed by atoms with Crippen molar-refractivity contribution in [1.82, 2.24) is 4.98 Å². The summed E-state index contributed by atoms with van der Waals surface area (Å²) in [6.45, 7) is 4.21. The number of hydrogen-bond donors (Lipinski definition) is 2. The van der Waals surface area contributed by atoms with E-state index in [0.29, 0.717) is 27.8 Å². The SMILES string of the molecule is C=CCNc1cncc(C(=O)Nc2cc(Cl)ccc2Cl)c1. The minimum atomic E-state index is -0.311. The maximum Gasteiger partial charge on any atom is 0.257 e. The quantitative estimate of drug-likeness (QED) is 0.810. The van der Waals surface area contributed by atoms with Crippen LogP contribution in [0.25, 0.3) is 0 Å². The Morgan fingerprint density at radius 2 is 2.10 bits per heavy atom. The Hall–Kier alpha value is -2.04. The van der Waals surface area contributed by atoms with E-state index in [1.54, 1.807) is 36.5 Å². The topological polar surface area (TPSA) is 54.0 Å². The number of pyridine rings is 1. The number of halogens is 2. The van der Waals surface area contributed by atoms with Gasteiger partial charge in [0.25, 0.3) is 5.91 Å². The van der Waals surface area contributed by atoms with Crippen LogP contribution >= 0.6 is 23.2 Å². The van der Waals surface area contributed by atoms with Gasteiger partial charge in [-0.15, -0.1) is 6.58 Å². The van der Waals surface area contributed by atoms with Gasteiger partial charge in [0.15, 0.2) is 0 Å². The van der Waals surface area contributed by atoms with Crippen LogP contribution in [-0.4, -0.2) is 17.4 Å². The van der Waals surface area contributed by atoms with E-state index in [1.165, 1.54) is 6.20 Å². The van der Waals surface area contributed by atoms with Crippen LogP contribution in [-0.2, 0) is 0 Å². The van der Waals surface area contributed by atoms with Crippen LogP contribution in [0.2, 0.25) is 10.0 Å². The molecule has 2 aromatic rings. The van der Waals surface area contributed by atoms with Gasteiger partial charge in [0.05, 0.1) is 22.0 Å². The van der Waals surface area contributed by atoms with E-state index >= 15 is 0 Å². The zero-order valence-electron chi connectivity index (χ0n) is 11.1. The lowest BCUT2D eigenvalue weighted by atomic mass is 10.2. The highest BCUT2D eigenvalue weighted by Crippen LogP contribution is 2.26. The highest BCUT2D eigenvalue weighted by atomic mass is 35.5. The predicted octanol–water partition coefficient (Wildman–Crippen LogP) is 4.24. The normalized spacial score (nSPS) is 10.0. The van der Waals surface area contributed by atoms with Gasteiger partial charge in [-0.2, -0.15) is 0 Å². The standard InChI is InChI=1S/C15H13Cl2N3O/c1-2-5-19-12-6-10(8-18-9-12)15(21)20-14-7-11(16)3-4-13(14)17/h2-4,6-9,19H,1,5H2,(H,20,21). The zero-order valence-corrected chi connectivity index (χ0v) is 12.6. The summed E-state index contributed by atoms with van der Waals surface area (Å²) in [5.74, 6) is -0.311. The lowest BCUT2D eigenvalue weighted by Crippen LogP contribution is -2.13. The number of nitrogens with zero attached hydrogens (tertiary/aromatic N) is 1. The van der Waals surface area contributed by atoms with Crippen molar-refractivity contribution < 1.29 is 4.79 Å². The molecule has 0 atom stereocenters. The molecule has 1 aromatic carbocycles. The Balaban J connectivity index is 2.16. The highest BCUT2D eigenvalue weighted by molar-refractivity contribution is 6.35. The average Bonchev–Trinajstić information content (AvgIpc) is 2.49. The van der Waals surface area contributed by atoms with Gasteiger partial charge in [0, 0.05) is 24.0 Å². The molecule has 108 valence electrons. The monoisotopic (exact) mass is 321 g/mol. The van der Waals surface area contributed by atoms with Crippen molar-refractivity contribution in [3.05, 3.63) is 64.9 Å². The van der Waals surface area contributed by atoms with Gasteiger partial charge in [-0.05, 0) is 24.3 Å². The molecule has 0 spiro atoms. The van der Waals surface area contributed by atoms with Gasteiger partial charge in [0.2, 0.25) is 0 Å². The van der Waals surface area contributed by atoms with Crippen molar-refractivity contribution >= 4 is 40.5 Å². The van der Waals surface area contributed by atoms with Crippen molar-refractivity contribution in [2.75, 3.05) is 17.2 Å². The minimum absolute atomic E-state index is 0.311. The van der Waals surface area contributed by atoms with Crippen LogP contribution in [0.1, 0.15) is 10.4 Å². The summed E-state index contributed by atoms with van der Waals surface area (Å²) < 4.78 is 0. The maximum atomic E-state index is 12.2. The second-order valence-electron chi connectivity index (χ2n) is 4.21. The van der Waals surface area contributed by atoms with E-state index in [-0.39, 0.29) is 5.91 Å². The summed E-state index contributed by atoms with van der Waals surface area (Å²) in [6, 6.07) is 6.57. The van der Waals surface area contributed by atoms with Crippen molar-refractivity contribution in [2.24, 2.45) is 0 Å². The van der Waals surface area contributed by atoms with Crippen molar-refractivity contribution in [2.45, 2.75) is 0 Å². The minimum Gasteiger partial charge on any atom is -0.380 e. The second-order valence-corrected chi connectivity index (χ2v) is 5.05. The molecule has 6 heteroatoms. The van der Waals surface area contributed by atoms with E-state index < -0.39 is 0 Å². The molecule has 0 radical (unpaired) electrons. The lowest BCUT2D eigenvalue weighted by molar-refractivity contribution is 0.102. The first-order valence-corrected chi connectivity index (χ1v) is 6.92. The molecule has 2 rings (SSSR count). The number of carbonyl (C=O) groups excluding carboxylic acids is 1. The van der Waals surface area contributed by atoms with Crippen molar-refractivity contribution in [3.8, 4) is 0 Å². The molecule has 1 heterocycles. The van der Waals surface area contributed by atoms with Gasteiger partial charge in [0.1, 0.15) is 0 Å². The van der Waals surface area contributed by atoms with Gasteiger partial charge in [-0.3, -0.25) is 9.78 Å².